The largest absolute Gasteiger partial charge is 0.494 e. The number of benzene rings is 2. The molecule has 2 aromatic carbocycles. The van der Waals surface area contributed by atoms with E-state index in [1.54, 1.807) is 0 Å². The van der Waals surface area contributed by atoms with Crippen molar-refractivity contribution >= 4 is 5.91 Å². The Morgan fingerprint density at radius 3 is 2.50 bits per heavy atom. The minimum Gasteiger partial charge on any atom is -0.494 e. The van der Waals surface area contributed by atoms with Gasteiger partial charge in [-0.25, -0.2) is 4.39 Å². The fourth-order valence-electron chi connectivity index (χ4n) is 2.24. The highest BCUT2D eigenvalue weighted by Crippen LogP contribution is 2.18. The van der Waals surface area contributed by atoms with Gasteiger partial charge >= 0.3 is 0 Å². The molecule has 0 unspecified atom stereocenters. The smallest absolute Gasteiger partial charge is 0.261 e. The van der Waals surface area contributed by atoms with Gasteiger partial charge in [-0.15, -0.1) is 0 Å². The summed E-state index contributed by atoms with van der Waals surface area (Å²) in [6, 6.07) is 13.2. The standard InChI is InChI=1S/C19H22FNO3/c1-3-17(24-16-11-9-15(20)10-12-16)19(22)21-13-14-7-5-6-8-18(14)23-4-2/h5-12,17H,3-4,13H2,1-2H3,(H,21,22)/t17-/m1/s1. The highest BCUT2D eigenvalue weighted by molar-refractivity contribution is 5.81. The number of nitrogens with one attached hydrogen (secondary N) is 1. The summed E-state index contributed by atoms with van der Waals surface area (Å²) < 4.78 is 24.1. The van der Waals surface area contributed by atoms with Gasteiger partial charge in [0.15, 0.2) is 6.10 Å². The minimum atomic E-state index is -0.630. The lowest BCUT2D eigenvalue weighted by Crippen LogP contribution is -2.37. The van der Waals surface area contributed by atoms with Crippen LogP contribution in [0.15, 0.2) is 48.5 Å². The van der Waals surface area contributed by atoms with Crippen LogP contribution in [0.1, 0.15) is 25.8 Å². The van der Waals surface area contributed by atoms with E-state index in [2.05, 4.69) is 5.32 Å². The van der Waals surface area contributed by atoms with E-state index < -0.39 is 6.10 Å². The Balaban J connectivity index is 1.96. The fourth-order valence-corrected chi connectivity index (χ4v) is 2.24. The number of para-hydroxylation sites is 1. The van der Waals surface area contributed by atoms with Crippen molar-refractivity contribution in [3.63, 3.8) is 0 Å². The molecule has 0 bridgehead atoms. The second kappa shape index (κ2) is 8.91. The van der Waals surface area contributed by atoms with E-state index in [1.807, 2.05) is 38.1 Å². The number of carbonyl (C=O) groups excluding carboxylic acids is 1. The molecule has 1 atom stereocenters. The Morgan fingerprint density at radius 2 is 1.83 bits per heavy atom. The lowest BCUT2D eigenvalue weighted by Gasteiger charge is -2.18. The van der Waals surface area contributed by atoms with Crippen molar-refractivity contribution in [3.05, 3.63) is 59.9 Å². The summed E-state index contributed by atoms with van der Waals surface area (Å²) in [6.07, 6.45) is -0.120. The minimum absolute atomic E-state index is 0.215. The first kappa shape index (κ1) is 17.8. The summed E-state index contributed by atoms with van der Waals surface area (Å²) >= 11 is 0. The van der Waals surface area contributed by atoms with Crippen LogP contribution >= 0.6 is 0 Å². The van der Waals surface area contributed by atoms with E-state index in [0.717, 1.165) is 11.3 Å². The van der Waals surface area contributed by atoms with Crippen LogP contribution in [0, 0.1) is 5.82 Å². The molecule has 0 spiro atoms. The van der Waals surface area contributed by atoms with Crippen molar-refractivity contribution in [3.8, 4) is 11.5 Å². The van der Waals surface area contributed by atoms with Crippen LogP contribution in [0.5, 0.6) is 11.5 Å². The second-order valence-electron chi connectivity index (χ2n) is 5.23. The van der Waals surface area contributed by atoms with Gasteiger partial charge in [0.05, 0.1) is 6.61 Å². The van der Waals surface area contributed by atoms with Crippen LogP contribution < -0.4 is 14.8 Å². The predicted octanol–water partition coefficient (Wildman–Crippen LogP) is 3.70. The fraction of sp³-hybridized carbons (Fsp3) is 0.316. The van der Waals surface area contributed by atoms with Crippen LogP contribution in [0.2, 0.25) is 0 Å². The average molecular weight is 331 g/mol. The van der Waals surface area contributed by atoms with Crippen LogP contribution in [-0.2, 0) is 11.3 Å². The number of amides is 1. The summed E-state index contributed by atoms with van der Waals surface area (Å²) in [5.41, 5.74) is 0.907. The number of halogens is 1. The Morgan fingerprint density at radius 1 is 1.12 bits per heavy atom. The van der Waals surface area contributed by atoms with Crippen molar-refractivity contribution in [1.82, 2.24) is 5.32 Å². The maximum Gasteiger partial charge on any atom is 0.261 e. The summed E-state index contributed by atoms with van der Waals surface area (Å²) in [5.74, 6) is 0.668. The molecule has 0 saturated carbocycles. The van der Waals surface area contributed by atoms with Gasteiger partial charge in [0.2, 0.25) is 0 Å². The molecule has 24 heavy (non-hydrogen) atoms. The molecule has 0 aliphatic rings. The molecule has 0 radical (unpaired) electrons. The van der Waals surface area contributed by atoms with Crippen LogP contribution in [0.25, 0.3) is 0 Å². The Kier molecular flexibility index (Phi) is 6.61. The van der Waals surface area contributed by atoms with E-state index in [9.17, 15) is 9.18 Å². The highest BCUT2D eigenvalue weighted by atomic mass is 19.1. The monoisotopic (exact) mass is 331 g/mol. The SMILES string of the molecule is CCOc1ccccc1CNC(=O)[C@@H](CC)Oc1ccc(F)cc1. The van der Waals surface area contributed by atoms with E-state index >= 15 is 0 Å². The third-order valence-corrected chi connectivity index (χ3v) is 3.48. The van der Waals surface area contributed by atoms with Crippen molar-refractivity contribution in [1.29, 1.82) is 0 Å². The molecule has 4 nitrogen and oxygen atoms in total. The predicted molar refractivity (Wildman–Crippen MR) is 90.6 cm³/mol. The van der Waals surface area contributed by atoms with E-state index in [1.165, 1.54) is 24.3 Å². The summed E-state index contributed by atoms with van der Waals surface area (Å²) in [5, 5.41) is 2.86. The Hall–Kier alpha value is -2.56. The molecule has 0 saturated heterocycles. The first-order chi connectivity index (χ1) is 11.6. The van der Waals surface area contributed by atoms with Gasteiger partial charge in [-0.1, -0.05) is 25.1 Å². The van der Waals surface area contributed by atoms with Gasteiger partial charge in [-0.3, -0.25) is 4.79 Å². The molecule has 2 aromatic rings. The number of hydrogen-bond donors (Lipinski definition) is 1. The van der Waals surface area contributed by atoms with Crippen molar-refractivity contribution in [2.24, 2.45) is 0 Å². The molecule has 0 aliphatic carbocycles. The van der Waals surface area contributed by atoms with Crippen molar-refractivity contribution < 1.29 is 18.7 Å². The molecule has 128 valence electrons. The third kappa shape index (κ3) is 4.98. The van der Waals surface area contributed by atoms with Gasteiger partial charge in [0.25, 0.3) is 5.91 Å². The second-order valence-corrected chi connectivity index (χ2v) is 5.23. The molecule has 0 heterocycles. The van der Waals surface area contributed by atoms with E-state index in [4.69, 9.17) is 9.47 Å². The zero-order chi connectivity index (χ0) is 17.4. The van der Waals surface area contributed by atoms with Gasteiger partial charge in [0.1, 0.15) is 17.3 Å². The van der Waals surface area contributed by atoms with E-state index in [0.29, 0.717) is 25.3 Å². The maximum absolute atomic E-state index is 12.9. The van der Waals surface area contributed by atoms with Gasteiger partial charge in [0, 0.05) is 12.1 Å². The molecular formula is C19H22FNO3. The van der Waals surface area contributed by atoms with Crippen LogP contribution in [-0.4, -0.2) is 18.6 Å². The summed E-state index contributed by atoms with van der Waals surface area (Å²) in [7, 11) is 0. The molecule has 0 aliphatic heterocycles. The van der Waals surface area contributed by atoms with Gasteiger partial charge in [-0.2, -0.15) is 0 Å². The quantitative estimate of drug-likeness (QED) is 0.802. The van der Waals surface area contributed by atoms with Gasteiger partial charge < -0.3 is 14.8 Å². The van der Waals surface area contributed by atoms with Crippen molar-refractivity contribution in [2.75, 3.05) is 6.61 Å². The van der Waals surface area contributed by atoms with Crippen LogP contribution in [0.3, 0.4) is 0 Å². The zero-order valence-corrected chi connectivity index (χ0v) is 13.9. The normalized spacial score (nSPS) is 11.6. The highest BCUT2D eigenvalue weighted by Gasteiger charge is 2.18. The molecule has 5 heteroatoms. The number of carbonyl (C=O) groups is 1. The van der Waals surface area contributed by atoms with Crippen LogP contribution in [0.4, 0.5) is 4.39 Å². The molecule has 1 amide bonds. The average Bonchev–Trinajstić information content (AvgIpc) is 2.60. The molecule has 0 fully saturated rings. The summed E-state index contributed by atoms with van der Waals surface area (Å²) in [4.78, 5) is 12.3. The maximum atomic E-state index is 12.9. The zero-order valence-electron chi connectivity index (χ0n) is 13.9. The number of hydrogen-bond acceptors (Lipinski definition) is 3. The lowest BCUT2D eigenvalue weighted by molar-refractivity contribution is -0.128. The number of rotatable bonds is 8. The molecule has 1 N–H and O–H groups in total. The number of ether oxygens (including phenoxy) is 2. The lowest BCUT2D eigenvalue weighted by atomic mass is 10.2. The first-order valence-electron chi connectivity index (χ1n) is 8.04. The first-order valence-corrected chi connectivity index (χ1v) is 8.04. The van der Waals surface area contributed by atoms with E-state index in [-0.39, 0.29) is 11.7 Å². The van der Waals surface area contributed by atoms with Gasteiger partial charge in [-0.05, 0) is 43.7 Å². The molecular weight excluding hydrogens is 309 g/mol. The Labute approximate surface area is 141 Å². The van der Waals surface area contributed by atoms with Crippen molar-refractivity contribution in [2.45, 2.75) is 32.9 Å². The summed E-state index contributed by atoms with van der Waals surface area (Å²) in [6.45, 7) is 4.70. The molecule has 0 aromatic heterocycles. The topological polar surface area (TPSA) is 47.6 Å². The third-order valence-electron chi connectivity index (χ3n) is 3.48. The molecule has 2 rings (SSSR count). The Bertz CT molecular complexity index is 658.